The van der Waals surface area contributed by atoms with Gasteiger partial charge in [-0.15, -0.1) is 0 Å². The summed E-state index contributed by atoms with van der Waals surface area (Å²) in [5, 5.41) is 2.94. The van der Waals surface area contributed by atoms with Gasteiger partial charge in [0, 0.05) is 18.8 Å². The molecule has 4 rings (SSSR count). The number of anilines is 3. The van der Waals surface area contributed by atoms with Gasteiger partial charge in [-0.05, 0) is 42.4 Å². The normalized spacial score (nSPS) is 28.0. The molecule has 1 saturated carbocycles. The Morgan fingerprint density at radius 1 is 1.14 bits per heavy atom. The summed E-state index contributed by atoms with van der Waals surface area (Å²) in [6.07, 6.45) is 7.31. The zero-order valence-corrected chi connectivity index (χ0v) is 12.4. The molecule has 3 aliphatic rings. The lowest BCUT2D eigenvalue weighted by molar-refractivity contribution is -0.115. The third-order valence-electron chi connectivity index (χ3n) is 5.51. The van der Waals surface area contributed by atoms with E-state index in [-0.39, 0.29) is 5.91 Å². The van der Waals surface area contributed by atoms with Crippen LogP contribution in [0.3, 0.4) is 0 Å². The number of carbonyl (C=O) groups excluding carboxylic acids is 1. The highest BCUT2D eigenvalue weighted by Crippen LogP contribution is 2.40. The van der Waals surface area contributed by atoms with E-state index >= 15 is 0 Å². The molecule has 1 amide bonds. The fraction of sp³-hybridized carbons (Fsp3) is 0.588. The van der Waals surface area contributed by atoms with Gasteiger partial charge in [-0.3, -0.25) is 4.79 Å². The summed E-state index contributed by atoms with van der Waals surface area (Å²) in [5.74, 6) is 1.83. The maximum Gasteiger partial charge on any atom is 0.228 e. The molecule has 4 nitrogen and oxygen atoms in total. The summed E-state index contributed by atoms with van der Waals surface area (Å²) in [6.45, 7) is 2.22. The minimum Gasteiger partial charge on any atom is -0.397 e. The van der Waals surface area contributed by atoms with Crippen LogP contribution in [0, 0.1) is 11.8 Å². The quantitative estimate of drug-likeness (QED) is 0.780. The Kier molecular flexibility index (Phi) is 3.05. The van der Waals surface area contributed by atoms with Gasteiger partial charge in [-0.25, -0.2) is 0 Å². The highest BCUT2D eigenvalue weighted by atomic mass is 16.1. The van der Waals surface area contributed by atoms with Gasteiger partial charge >= 0.3 is 0 Å². The number of rotatable bonds is 1. The average Bonchev–Trinajstić information content (AvgIpc) is 2.85. The largest absolute Gasteiger partial charge is 0.397 e. The number of fused-ring (bicyclic) bond motifs is 2. The molecule has 0 radical (unpaired) electrons. The first-order valence-corrected chi connectivity index (χ1v) is 8.18. The predicted molar refractivity (Wildman–Crippen MR) is 85.5 cm³/mol. The molecule has 2 unspecified atom stereocenters. The monoisotopic (exact) mass is 285 g/mol. The molecule has 1 saturated heterocycles. The summed E-state index contributed by atoms with van der Waals surface area (Å²) in [4.78, 5) is 14.0. The fourth-order valence-corrected chi connectivity index (χ4v) is 4.38. The van der Waals surface area contributed by atoms with Gasteiger partial charge in [-0.1, -0.05) is 19.3 Å². The minimum absolute atomic E-state index is 0.0764. The molecule has 1 aromatic carbocycles. The molecule has 2 fully saturated rings. The molecular formula is C17H23N3O. The van der Waals surface area contributed by atoms with E-state index in [1.165, 1.54) is 32.1 Å². The lowest BCUT2D eigenvalue weighted by atomic mass is 9.75. The van der Waals surface area contributed by atoms with Gasteiger partial charge in [-0.2, -0.15) is 0 Å². The average molecular weight is 285 g/mol. The van der Waals surface area contributed by atoms with E-state index in [0.29, 0.717) is 6.42 Å². The lowest BCUT2D eigenvalue weighted by Gasteiger charge is -2.42. The molecule has 0 aromatic heterocycles. The first-order valence-electron chi connectivity index (χ1n) is 8.18. The third-order valence-corrected chi connectivity index (χ3v) is 5.51. The summed E-state index contributed by atoms with van der Waals surface area (Å²) in [7, 11) is 0. The molecule has 3 N–H and O–H groups in total. The number of nitrogen functional groups attached to an aromatic ring is 1. The van der Waals surface area contributed by atoms with Crippen LogP contribution >= 0.6 is 0 Å². The van der Waals surface area contributed by atoms with Crippen LogP contribution in [0.5, 0.6) is 0 Å². The van der Waals surface area contributed by atoms with Gasteiger partial charge in [0.15, 0.2) is 0 Å². The number of nitrogens with one attached hydrogen (secondary N) is 1. The predicted octanol–water partition coefficient (Wildman–Crippen LogP) is 2.78. The molecule has 0 bridgehead atoms. The Hall–Kier alpha value is -1.71. The van der Waals surface area contributed by atoms with Crippen molar-refractivity contribution in [1.29, 1.82) is 0 Å². The molecule has 2 aliphatic heterocycles. The van der Waals surface area contributed by atoms with Crippen molar-refractivity contribution in [3.63, 3.8) is 0 Å². The van der Waals surface area contributed by atoms with Crippen LogP contribution < -0.4 is 16.0 Å². The first kappa shape index (κ1) is 13.0. The molecule has 1 aromatic rings. The molecule has 2 atom stereocenters. The van der Waals surface area contributed by atoms with Crippen molar-refractivity contribution >= 4 is 23.0 Å². The summed E-state index contributed by atoms with van der Waals surface area (Å²) in [6, 6.07) is 4.06. The van der Waals surface area contributed by atoms with E-state index in [4.69, 9.17) is 5.73 Å². The smallest absolute Gasteiger partial charge is 0.228 e. The van der Waals surface area contributed by atoms with Crippen molar-refractivity contribution in [2.75, 3.05) is 29.0 Å². The van der Waals surface area contributed by atoms with E-state index in [1.807, 2.05) is 6.07 Å². The number of amides is 1. The molecule has 2 heterocycles. The number of hydrogen-bond donors (Lipinski definition) is 2. The van der Waals surface area contributed by atoms with E-state index < -0.39 is 0 Å². The van der Waals surface area contributed by atoms with Gasteiger partial charge in [0.1, 0.15) is 0 Å². The Morgan fingerprint density at radius 3 is 2.81 bits per heavy atom. The zero-order chi connectivity index (χ0) is 14.4. The van der Waals surface area contributed by atoms with E-state index in [1.54, 1.807) is 0 Å². The number of nitrogens with zero attached hydrogens (tertiary/aromatic N) is 1. The van der Waals surface area contributed by atoms with Crippen molar-refractivity contribution in [3.05, 3.63) is 17.7 Å². The minimum atomic E-state index is 0.0764. The van der Waals surface area contributed by atoms with Crippen molar-refractivity contribution in [2.24, 2.45) is 11.8 Å². The third kappa shape index (κ3) is 2.27. The first-order chi connectivity index (χ1) is 10.2. The Morgan fingerprint density at radius 2 is 1.95 bits per heavy atom. The topological polar surface area (TPSA) is 58.4 Å². The Bertz CT molecular complexity index is 584. The number of piperidine rings is 1. The second-order valence-electron chi connectivity index (χ2n) is 6.83. The van der Waals surface area contributed by atoms with Crippen LogP contribution in [0.4, 0.5) is 17.1 Å². The second-order valence-corrected chi connectivity index (χ2v) is 6.83. The van der Waals surface area contributed by atoms with Crippen molar-refractivity contribution < 1.29 is 4.79 Å². The maximum atomic E-state index is 11.5. The molecular weight excluding hydrogens is 262 g/mol. The van der Waals surface area contributed by atoms with Crippen LogP contribution in [-0.4, -0.2) is 19.0 Å². The van der Waals surface area contributed by atoms with Crippen LogP contribution in [-0.2, 0) is 11.2 Å². The number of nitrogens with two attached hydrogens (primary N) is 1. The number of hydrogen-bond acceptors (Lipinski definition) is 3. The lowest BCUT2D eigenvalue weighted by Crippen LogP contribution is -2.42. The van der Waals surface area contributed by atoms with Crippen LogP contribution in [0.1, 0.15) is 37.7 Å². The number of benzene rings is 1. The van der Waals surface area contributed by atoms with Crippen LogP contribution in [0.25, 0.3) is 0 Å². The van der Waals surface area contributed by atoms with Crippen molar-refractivity contribution in [1.82, 2.24) is 0 Å². The standard InChI is InChI=1S/C17H23N3O/c18-14-7-13-8-17(21)19-15(13)9-16(14)20-6-5-11-3-1-2-4-12(11)10-20/h7,9,11-12H,1-6,8,10,18H2,(H,19,21). The molecule has 112 valence electrons. The van der Waals surface area contributed by atoms with E-state index in [0.717, 1.165) is 47.6 Å². The summed E-state index contributed by atoms with van der Waals surface area (Å²) < 4.78 is 0. The highest BCUT2D eigenvalue weighted by molar-refractivity contribution is 6.00. The molecule has 1 aliphatic carbocycles. The van der Waals surface area contributed by atoms with E-state index in [2.05, 4.69) is 16.3 Å². The van der Waals surface area contributed by atoms with Crippen molar-refractivity contribution in [2.45, 2.75) is 38.5 Å². The second kappa shape index (κ2) is 4.93. The van der Waals surface area contributed by atoms with Gasteiger partial charge in [0.2, 0.25) is 5.91 Å². The van der Waals surface area contributed by atoms with Gasteiger partial charge in [0.05, 0.1) is 17.8 Å². The van der Waals surface area contributed by atoms with Gasteiger partial charge in [0.25, 0.3) is 0 Å². The van der Waals surface area contributed by atoms with Gasteiger partial charge < -0.3 is 16.0 Å². The molecule has 0 spiro atoms. The van der Waals surface area contributed by atoms with Crippen molar-refractivity contribution in [3.8, 4) is 0 Å². The Labute approximate surface area is 125 Å². The van der Waals surface area contributed by atoms with Crippen LogP contribution in [0.2, 0.25) is 0 Å². The van der Waals surface area contributed by atoms with E-state index in [9.17, 15) is 4.79 Å². The fourth-order valence-electron chi connectivity index (χ4n) is 4.38. The zero-order valence-electron chi connectivity index (χ0n) is 12.4. The summed E-state index contributed by atoms with van der Waals surface area (Å²) >= 11 is 0. The SMILES string of the molecule is Nc1cc2c(cc1N1CCC3CCCCC3C1)NC(=O)C2. The molecule has 21 heavy (non-hydrogen) atoms. The Balaban J connectivity index is 1.59. The highest BCUT2D eigenvalue weighted by Gasteiger charge is 2.32. The van der Waals surface area contributed by atoms with Crippen LogP contribution in [0.15, 0.2) is 12.1 Å². The molecule has 4 heteroatoms. The maximum absolute atomic E-state index is 11.5. The number of carbonyl (C=O) groups is 1. The summed E-state index contributed by atoms with van der Waals surface area (Å²) in [5.41, 5.74) is 10.2.